The molecular weight excluding hydrogens is 126 g/mol. The van der Waals surface area contributed by atoms with Crippen LogP contribution in [0.1, 0.15) is 17.4 Å². The van der Waals surface area contributed by atoms with Crippen LogP contribution in [0.5, 0.6) is 0 Å². The van der Waals surface area contributed by atoms with Crippen LogP contribution >= 0.6 is 0 Å². The lowest BCUT2D eigenvalue weighted by Crippen LogP contribution is -2.40. The van der Waals surface area contributed by atoms with Gasteiger partial charge in [0.25, 0.3) is 0 Å². The smallest absolute Gasteiger partial charge is 0.111 e. The van der Waals surface area contributed by atoms with Crippen LogP contribution in [-0.2, 0) is 0 Å². The van der Waals surface area contributed by atoms with Gasteiger partial charge < -0.3 is 10.3 Å². The van der Waals surface area contributed by atoms with E-state index in [0.29, 0.717) is 5.92 Å². The second-order valence-electron chi connectivity index (χ2n) is 2.81. The second kappa shape index (κ2) is 2.09. The first kappa shape index (κ1) is 5.92. The highest BCUT2D eigenvalue weighted by Crippen LogP contribution is 2.15. The number of aromatic amines is 1. The molecule has 1 aromatic heterocycles. The van der Waals surface area contributed by atoms with E-state index < -0.39 is 0 Å². The van der Waals surface area contributed by atoms with Crippen molar-refractivity contribution in [2.45, 2.75) is 12.8 Å². The van der Waals surface area contributed by atoms with Crippen molar-refractivity contribution in [3.05, 3.63) is 17.7 Å². The Labute approximate surface area is 59.9 Å². The van der Waals surface area contributed by atoms with Crippen LogP contribution in [0.25, 0.3) is 0 Å². The van der Waals surface area contributed by atoms with E-state index in [1.54, 1.807) is 0 Å². The molecule has 0 saturated carbocycles. The van der Waals surface area contributed by atoms with E-state index in [2.05, 4.69) is 15.3 Å². The Hall–Kier alpha value is -0.830. The standard InChI is InChI=1S/C7H11N3/c1-5-2-9-7(10-5)6-3-8-4-6/h2,6,8H,3-4H2,1H3,(H,9,10). The van der Waals surface area contributed by atoms with Crippen molar-refractivity contribution in [3.8, 4) is 0 Å². The minimum Gasteiger partial charge on any atom is -0.346 e. The Morgan fingerprint density at radius 3 is 2.80 bits per heavy atom. The molecule has 1 aromatic rings. The Balaban J connectivity index is 2.17. The summed E-state index contributed by atoms with van der Waals surface area (Å²) in [5, 5.41) is 3.21. The summed E-state index contributed by atoms with van der Waals surface area (Å²) in [5.41, 5.74) is 1.15. The number of imidazole rings is 1. The maximum atomic E-state index is 4.24. The minimum absolute atomic E-state index is 0.633. The molecule has 0 amide bonds. The van der Waals surface area contributed by atoms with E-state index in [1.165, 1.54) is 0 Å². The van der Waals surface area contributed by atoms with E-state index >= 15 is 0 Å². The van der Waals surface area contributed by atoms with Gasteiger partial charge in [-0.05, 0) is 6.92 Å². The zero-order valence-corrected chi connectivity index (χ0v) is 6.02. The van der Waals surface area contributed by atoms with Crippen LogP contribution in [0, 0.1) is 6.92 Å². The van der Waals surface area contributed by atoms with Crippen molar-refractivity contribution < 1.29 is 0 Å². The Bertz CT molecular complexity index is 225. The summed E-state index contributed by atoms with van der Waals surface area (Å²) in [6.07, 6.45) is 1.88. The fourth-order valence-corrected chi connectivity index (χ4v) is 1.12. The monoisotopic (exact) mass is 137 g/mol. The van der Waals surface area contributed by atoms with Gasteiger partial charge in [-0.15, -0.1) is 0 Å². The number of aryl methyl sites for hydroxylation is 1. The summed E-state index contributed by atoms with van der Waals surface area (Å²) in [6.45, 7) is 4.18. The molecule has 2 N–H and O–H groups in total. The number of hydrogen-bond acceptors (Lipinski definition) is 2. The first-order valence-electron chi connectivity index (χ1n) is 3.58. The summed E-state index contributed by atoms with van der Waals surface area (Å²) in [6, 6.07) is 0. The predicted octanol–water partition coefficient (Wildman–Crippen LogP) is 0.405. The predicted molar refractivity (Wildman–Crippen MR) is 38.9 cm³/mol. The summed E-state index contributed by atoms with van der Waals surface area (Å²) >= 11 is 0. The van der Waals surface area contributed by atoms with Gasteiger partial charge in [0.05, 0.1) is 0 Å². The Morgan fingerprint density at radius 1 is 1.60 bits per heavy atom. The van der Waals surface area contributed by atoms with Gasteiger partial charge in [-0.25, -0.2) is 4.98 Å². The normalized spacial score (nSPS) is 18.9. The van der Waals surface area contributed by atoms with Gasteiger partial charge in [0.1, 0.15) is 5.82 Å². The lowest BCUT2D eigenvalue weighted by molar-refractivity contribution is 0.432. The van der Waals surface area contributed by atoms with Crippen molar-refractivity contribution in [3.63, 3.8) is 0 Å². The van der Waals surface area contributed by atoms with E-state index in [4.69, 9.17) is 0 Å². The number of nitrogens with zero attached hydrogens (tertiary/aromatic N) is 1. The lowest BCUT2D eigenvalue weighted by Gasteiger charge is -2.24. The molecular formula is C7H11N3. The Kier molecular flexibility index (Phi) is 1.24. The molecule has 1 saturated heterocycles. The average molecular weight is 137 g/mol. The van der Waals surface area contributed by atoms with Gasteiger partial charge in [-0.3, -0.25) is 0 Å². The van der Waals surface area contributed by atoms with E-state index in [0.717, 1.165) is 24.6 Å². The Morgan fingerprint density at radius 2 is 2.40 bits per heavy atom. The van der Waals surface area contributed by atoms with Gasteiger partial charge in [-0.1, -0.05) is 0 Å². The molecule has 2 heterocycles. The van der Waals surface area contributed by atoms with Crippen LogP contribution < -0.4 is 5.32 Å². The van der Waals surface area contributed by atoms with E-state index in [-0.39, 0.29) is 0 Å². The van der Waals surface area contributed by atoms with Crippen molar-refractivity contribution in [2.75, 3.05) is 13.1 Å². The fraction of sp³-hybridized carbons (Fsp3) is 0.571. The van der Waals surface area contributed by atoms with E-state index in [1.807, 2.05) is 13.1 Å². The number of hydrogen-bond donors (Lipinski definition) is 2. The summed E-state index contributed by atoms with van der Waals surface area (Å²) < 4.78 is 0. The van der Waals surface area contributed by atoms with Gasteiger partial charge >= 0.3 is 0 Å². The average Bonchev–Trinajstić information content (AvgIpc) is 2.10. The molecule has 0 radical (unpaired) electrons. The van der Waals surface area contributed by atoms with Crippen molar-refractivity contribution in [1.29, 1.82) is 0 Å². The summed E-state index contributed by atoms with van der Waals surface area (Å²) in [4.78, 5) is 7.47. The zero-order valence-electron chi connectivity index (χ0n) is 6.02. The highest BCUT2D eigenvalue weighted by Gasteiger charge is 2.20. The molecule has 3 nitrogen and oxygen atoms in total. The molecule has 10 heavy (non-hydrogen) atoms. The molecule has 1 fully saturated rings. The minimum atomic E-state index is 0.633. The maximum Gasteiger partial charge on any atom is 0.111 e. The molecule has 0 atom stereocenters. The first-order chi connectivity index (χ1) is 4.86. The largest absolute Gasteiger partial charge is 0.346 e. The molecule has 0 aliphatic carbocycles. The zero-order chi connectivity index (χ0) is 6.97. The lowest BCUT2D eigenvalue weighted by atomic mass is 10.0. The second-order valence-corrected chi connectivity index (χ2v) is 2.81. The summed E-state index contributed by atoms with van der Waals surface area (Å²) in [7, 11) is 0. The number of rotatable bonds is 1. The summed E-state index contributed by atoms with van der Waals surface area (Å²) in [5.74, 6) is 1.77. The van der Waals surface area contributed by atoms with Gasteiger partial charge in [0, 0.05) is 30.9 Å². The van der Waals surface area contributed by atoms with Gasteiger partial charge in [0.2, 0.25) is 0 Å². The highest BCUT2D eigenvalue weighted by molar-refractivity contribution is 5.07. The molecule has 1 aliphatic heterocycles. The van der Waals surface area contributed by atoms with Gasteiger partial charge in [0.15, 0.2) is 0 Å². The van der Waals surface area contributed by atoms with E-state index in [9.17, 15) is 0 Å². The van der Waals surface area contributed by atoms with Crippen LogP contribution in [-0.4, -0.2) is 23.1 Å². The number of H-pyrrole nitrogens is 1. The van der Waals surface area contributed by atoms with Gasteiger partial charge in [-0.2, -0.15) is 0 Å². The molecule has 0 aromatic carbocycles. The number of nitrogens with one attached hydrogen (secondary N) is 2. The molecule has 2 rings (SSSR count). The third-order valence-electron chi connectivity index (χ3n) is 1.89. The highest BCUT2D eigenvalue weighted by atomic mass is 15.0. The number of aromatic nitrogens is 2. The molecule has 0 bridgehead atoms. The molecule has 54 valence electrons. The van der Waals surface area contributed by atoms with Crippen LogP contribution in [0.4, 0.5) is 0 Å². The molecule has 3 heteroatoms. The third-order valence-corrected chi connectivity index (χ3v) is 1.89. The van der Waals surface area contributed by atoms with Crippen molar-refractivity contribution in [1.82, 2.24) is 15.3 Å². The maximum absolute atomic E-state index is 4.24. The third kappa shape index (κ3) is 0.827. The van der Waals surface area contributed by atoms with Crippen molar-refractivity contribution >= 4 is 0 Å². The first-order valence-corrected chi connectivity index (χ1v) is 3.58. The van der Waals surface area contributed by atoms with Crippen LogP contribution in [0.3, 0.4) is 0 Å². The molecule has 1 aliphatic rings. The molecule has 0 unspecified atom stereocenters. The fourth-order valence-electron chi connectivity index (χ4n) is 1.12. The van der Waals surface area contributed by atoms with Crippen LogP contribution in [0.15, 0.2) is 6.20 Å². The molecule has 0 spiro atoms. The van der Waals surface area contributed by atoms with Crippen molar-refractivity contribution in [2.24, 2.45) is 0 Å². The topological polar surface area (TPSA) is 40.7 Å². The quantitative estimate of drug-likeness (QED) is 0.588. The SMILES string of the molecule is Cc1cnc(C2CNC2)[nH]1. The van der Waals surface area contributed by atoms with Crippen LogP contribution in [0.2, 0.25) is 0 Å².